The lowest BCUT2D eigenvalue weighted by molar-refractivity contribution is 0.440. The molecule has 0 aliphatic carbocycles. The zero-order valence-electron chi connectivity index (χ0n) is 11.6. The molecule has 1 aromatic carbocycles. The lowest BCUT2D eigenvalue weighted by atomic mass is 10.3. The van der Waals surface area contributed by atoms with Gasteiger partial charge in [-0.15, -0.1) is 0 Å². The van der Waals surface area contributed by atoms with Gasteiger partial charge in [0.05, 0.1) is 0 Å². The van der Waals surface area contributed by atoms with Crippen LogP contribution in [0.25, 0.3) is 0 Å². The molecule has 1 heterocycles. The molecule has 0 fully saturated rings. The summed E-state index contributed by atoms with van der Waals surface area (Å²) >= 11 is 3.38. The minimum Gasteiger partial charge on any atom is -0.424 e. The topological polar surface area (TPSA) is 63.2 Å². The smallest absolute Gasteiger partial charge is 0.328 e. The fraction of sp³-hybridized carbons (Fsp3) is 0.308. The Bertz CT molecular complexity index is 573. The van der Waals surface area contributed by atoms with E-state index in [0.29, 0.717) is 17.6 Å². The third-order valence-electron chi connectivity index (χ3n) is 2.36. The van der Waals surface area contributed by atoms with Crippen LogP contribution in [0, 0.1) is 0 Å². The minimum absolute atomic E-state index is 0.266. The summed E-state index contributed by atoms with van der Waals surface area (Å²) in [5.41, 5.74) is 0. The predicted molar refractivity (Wildman–Crippen MR) is 82.5 cm³/mol. The molecular formula is C13H16BrN5O. The fourth-order valence-corrected chi connectivity index (χ4v) is 1.70. The molecule has 106 valence electrons. The summed E-state index contributed by atoms with van der Waals surface area (Å²) in [6.45, 7) is 2.71. The van der Waals surface area contributed by atoms with Crippen molar-refractivity contribution in [3.8, 4) is 11.8 Å². The molecule has 0 spiro atoms. The number of rotatable bonds is 5. The van der Waals surface area contributed by atoms with Crippen molar-refractivity contribution in [1.29, 1.82) is 0 Å². The molecule has 0 aliphatic rings. The van der Waals surface area contributed by atoms with E-state index in [1.165, 1.54) is 0 Å². The van der Waals surface area contributed by atoms with Crippen molar-refractivity contribution in [2.45, 2.75) is 6.92 Å². The molecule has 6 nitrogen and oxygen atoms in total. The number of nitrogens with one attached hydrogen (secondary N) is 1. The third-order valence-corrected chi connectivity index (χ3v) is 2.89. The van der Waals surface area contributed by atoms with Crippen LogP contribution in [0.2, 0.25) is 0 Å². The summed E-state index contributed by atoms with van der Waals surface area (Å²) in [7, 11) is 3.74. The molecule has 2 rings (SSSR count). The standard InChI is InChI=1S/C13H16BrN5O/c1-4-15-11-16-12(19(2)3)18-13(17-11)20-10-7-5-9(14)6-8-10/h5-8H,4H2,1-3H3,(H,15,16,17,18). The molecule has 1 N–H and O–H groups in total. The monoisotopic (exact) mass is 337 g/mol. The maximum absolute atomic E-state index is 5.66. The van der Waals surface area contributed by atoms with E-state index in [0.717, 1.165) is 11.0 Å². The Kier molecular flexibility index (Phi) is 4.73. The van der Waals surface area contributed by atoms with Gasteiger partial charge in [0.1, 0.15) is 5.75 Å². The number of benzene rings is 1. The second kappa shape index (κ2) is 6.51. The molecule has 1 aromatic heterocycles. The van der Waals surface area contributed by atoms with E-state index >= 15 is 0 Å². The molecule has 20 heavy (non-hydrogen) atoms. The maximum Gasteiger partial charge on any atom is 0.328 e. The zero-order chi connectivity index (χ0) is 14.5. The first kappa shape index (κ1) is 14.5. The predicted octanol–water partition coefficient (Wildman–Crippen LogP) is 2.92. The SMILES string of the molecule is CCNc1nc(Oc2ccc(Br)cc2)nc(N(C)C)n1. The van der Waals surface area contributed by atoms with E-state index in [1.807, 2.05) is 45.3 Å². The van der Waals surface area contributed by atoms with E-state index in [1.54, 1.807) is 4.90 Å². The Morgan fingerprint density at radius 1 is 1.15 bits per heavy atom. The van der Waals surface area contributed by atoms with Crippen LogP contribution in [-0.2, 0) is 0 Å². The summed E-state index contributed by atoms with van der Waals surface area (Å²) < 4.78 is 6.65. The van der Waals surface area contributed by atoms with Gasteiger partial charge in [-0.1, -0.05) is 15.9 Å². The van der Waals surface area contributed by atoms with Crippen LogP contribution < -0.4 is 15.0 Å². The van der Waals surface area contributed by atoms with Crippen molar-refractivity contribution in [3.63, 3.8) is 0 Å². The van der Waals surface area contributed by atoms with Crippen molar-refractivity contribution in [2.24, 2.45) is 0 Å². The first-order valence-corrected chi connectivity index (χ1v) is 6.98. The van der Waals surface area contributed by atoms with Crippen molar-refractivity contribution in [2.75, 3.05) is 30.9 Å². The molecule has 7 heteroatoms. The van der Waals surface area contributed by atoms with Crippen molar-refractivity contribution >= 4 is 27.8 Å². The van der Waals surface area contributed by atoms with Crippen molar-refractivity contribution in [1.82, 2.24) is 15.0 Å². The van der Waals surface area contributed by atoms with Gasteiger partial charge < -0.3 is 15.0 Å². The summed E-state index contributed by atoms with van der Waals surface area (Å²) in [6, 6.07) is 7.75. The summed E-state index contributed by atoms with van der Waals surface area (Å²) in [6.07, 6.45) is 0. The summed E-state index contributed by atoms with van der Waals surface area (Å²) in [5.74, 6) is 1.72. The van der Waals surface area contributed by atoms with E-state index in [2.05, 4.69) is 36.2 Å². The Labute approximate surface area is 126 Å². The summed E-state index contributed by atoms with van der Waals surface area (Å²) in [5, 5.41) is 3.06. The number of hydrogen-bond acceptors (Lipinski definition) is 6. The number of halogens is 1. The largest absolute Gasteiger partial charge is 0.424 e. The van der Waals surface area contributed by atoms with Crippen LogP contribution in [0.5, 0.6) is 11.8 Å². The second-order valence-corrected chi connectivity index (χ2v) is 5.14. The molecule has 0 saturated carbocycles. The van der Waals surface area contributed by atoms with Gasteiger partial charge in [-0.3, -0.25) is 0 Å². The minimum atomic E-state index is 0.266. The van der Waals surface area contributed by atoms with E-state index in [4.69, 9.17) is 4.74 Å². The van der Waals surface area contributed by atoms with Crippen LogP contribution in [-0.4, -0.2) is 35.6 Å². The van der Waals surface area contributed by atoms with Crippen LogP contribution in [0.15, 0.2) is 28.7 Å². The van der Waals surface area contributed by atoms with Crippen molar-refractivity contribution in [3.05, 3.63) is 28.7 Å². The normalized spacial score (nSPS) is 10.2. The van der Waals surface area contributed by atoms with Gasteiger partial charge in [-0.2, -0.15) is 15.0 Å². The summed E-state index contributed by atoms with van der Waals surface area (Å²) in [4.78, 5) is 14.6. The molecule has 0 atom stereocenters. The highest BCUT2D eigenvalue weighted by Gasteiger charge is 2.09. The molecule has 2 aromatic rings. The zero-order valence-corrected chi connectivity index (χ0v) is 13.2. The average molecular weight is 338 g/mol. The molecule has 0 amide bonds. The van der Waals surface area contributed by atoms with Crippen LogP contribution in [0.1, 0.15) is 6.92 Å². The van der Waals surface area contributed by atoms with E-state index in [-0.39, 0.29) is 6.01 Å². The molecule has 0 saturated heterocycles. The second-order valence-electron chi connectivity index (χ2n) is 4.22. The van der Waals surface area contributed by atoms with Gasteiger partial charge in [0, 0.05) is 25.1 Å². The number of aromatic nitrogens is 3. The highest BCUT2D eigenvalue weighted by atomic mass is 79.9. The Hall–Kier alpha value is -1.89. The highest BCUT2D eigenvalue weighted by Crippen LogP contribution is 2.22. The number of ether oxygens (including phenoxy) is 1. The average Bonchev–Trinajstić information content (AvgIpc) is 2.41. The third kappa shape index (κ3) is 3.80. The Morgan fingerprint density at radius 2 is 1.85 bits per heavy atom. The Morgan fingerprint density at radius 3 is 2.45 bits per heavy atom. The molecule has 0 aliphatic heterocycles. The molecular weight excluding hydrogens is 322 g/mol. The lowest BCUT2D eigenvalue weighted by Gasteiger charge is -2.13. The quantitative estimate of drug-likeness (QED) is 0.904. The van der Waals surface area contributed by atoms with Crippen LogP contribution >= 0.6 is 15.9 Å². The number of hydrogen-bond donors (Lipinski definition) is 1. The first-order valence-electron chi connectivity index (χ1n) is 6.19. The van der Waals surface area contributed by atoms with Gasteiger partial charge in [-0.05, 0) is 31.2 Å². The van der Waals surface area contributed by atoms with E-state index in [9.17, 15) is 0 Å². The number of anilines is 2. The Balaban J connectivity index is 2.27. The molecule has 0 unspecified atom stereocenters. The van der Waals surface area contributed by atoms with E-state index < -0.39 is 0 Å². The van der Waals surface area contributed by atoms with Gasteiger partial charge in [0.15, 0.2) is 0 Å². The first-order chi connectivity index (χ1) is 9.58. The maximum atomic E-state index is 5.66. The number of nitrogens with zero attached hydrogens (tertiary/aromatic N) is 4. The molecule has 0 bridgehead atoms. The van der Waals surface area contributed by atoms with Gasteiger partial charge >= 0.3 is 6.01 Å². The van der Waals surface area contributed by atoms with Crippen molar-refractivity contribution < 1.29 is 4.74 Å². The van der Waals surface area contributed by atoms with Gasteiger partial charge in [0.25, 0.3) is 0 Å². The fourth-order valence-electron chi connectivity index (χ4n) is 1.44. The van der Waals surface area contributed by atoms with Gasteiger partial charge in [0.2, 0.25) is 11.9 Å². The lowest BCUT2D eigenvalue weighted by Crippen LogP contribution is -2.15. The van der Waals surface area contributed by atoms with Crippen LogP contribution in [0.4, 0.5) is 11.9 Å². The van der Waals surface area contributed by atoms with Crippen LogP contribution in [0.3, 0.4) is 0 Å². The van der Waals surface area contributed by atoms with Gasteiger partial charge in [-0.25, -0.2) is 0 Å². The highest BCUT2D eigenvalue weighted by molar-refractivity contribution is 9.10. The molecule has 0 radical (unpaired) electrons.